The highest BCUT2D eigenvalue weighted by Gasteiger charge is 2.08. The molecule has 2 rings (SSSR count). The van der Waals surface area contributed by atoms with Gasteiger partial charge in [-0.2, -0.15) is 5.26 Å². The molecule has 0 saturated heterocycles. The first-order chi connectivity index (χ1) is 9.60. The summed E-state index contributed by atoms with van der Waals surface area (Å²) in [5, 5.41) is 8.78. The van der Waals surface area contributed by atoms with Crippen LogP contribution in [0.3, 0.4) is 0 Å². The Kier molecular flexibility index (Phi) is 4.31. The van der Waals surface area contributed by atoms with E-state index in [4.69, 9.17) is 10.00 Å². The zero-order chi connectivity index (χ0) is 14.5. The summed E-state index contributed by atoms with van der Waals surface area (Å²) >= 11 is 0. The van der Waals surface area contributed by atoms with Crippen molar-refractivity contribution < 1.29 is 9.13 Å². The minimum Gasteiger partial charge on any atom is -0.487 e. The third-order valence-electron chi connectivity index (χ3n) is 2.90. The number of pyridine rings is 1. The van der Waals surface area contributed by atoms with E-state index in [2.05, 4.69) is 4.98 Å². The van der Waals surface area contributed by atoms with Crippen LogP contribution < -0.4 is 4.74 Å². The summed E-state index contributed by atoms with van der Waals surface area (Å²) in [7, 11) is 0. The number of halogens is 1. The SMILES string of the molecule is CC(C)c1cc(OCc2cccc(C#N)n2)ccc1F. The molecule has 0 atom stereocenters. The van der Waals surface area contributed by atoms with Gasteiger partial charge in [0.15, 0.2) is 0 Å². The number of nitriles is 1. The molecule has 1 aromatic carbocycles. The van der Waals surface area contributed by atoms with Gasteiger partial charge in [0.05, 0.1) is 5.69 Å². The lowest BCUT2D eigenvalue weighted by molar-refractivity contribution is 0.300. The van der Waals surface area contributed by atoms with E-state index in [-0.39, 0.29) is 18.3 Å². The maximum Gasteiger partial charge on any atom is 0.140 e. The van der Waals surface area contributed by atoms with E-state index < -0.39 is 0 Å². The Labute approximate surface area is 117 Å². The first kappa shape index (κ1) is 14.0. The largest absolute Gasteiger partial charge is 0.487 e. The zero-order valence-electron chi connectivity index (χ0n) is 11.4. The molecular weight excluding hydrogens is 255 g/mol. The fourth-order valence-electron chi connectivity index (χ4n) is 1.83. The Hall–Kier alpha value is -2.41. The van der Waals surface area contributed by atoms with Crippen LogP contribution in [0.2, 0.25) is 0 Å². The molecule has 102 valence electrons. The number of aromatic nitrogens is 1. The zero-order valence-corrected chi connectivity index (χ0v) is 11.4. The average Bonchev–Trinajstić information content (AvgIpc) is 2.46. The Morgan fingerprint density at radius 1 is 1.30 bits per heavy atom. The number of hydrogen-bond donors (Lipinski definition) is 0. The molecule has 1 aromatic heterocycles. The molecule has 0 aliphatic heterocycles. The molecule has 20 heavy (non-hydrogen) atoms. The van der Waals surface area contributed by atoms with Gasteiger partial charge in [0, 0.05) is 0 Å². The minimum atomic E-state index is -0.225. The van der Waals surface area contributed by atoms with Crippen LogP contribution in [0.4, 0.5) is 4.39 Å². The summed E-state index contributed by atoms with van der Waals surface area (Å²) < 4.78 is 19.2. The molecule has 3 nitrogen and oxygen atoms in total. The third kappa shape index (κ3) is 3.33. The van der Waals surface area contributed by atoms with Crippen LogP contribution in [0, 0.1) is 17.1 Å². The van der Waals surface area contributed by atoms with Crippen molar-refractivity contribution in [1.82, 2.24) is 4.98 Å². The maximum absolute atomic E-state index is 13.6. The van der Waals surface area contributed by atoms with Crippen molar-refractivity contribution in [1.29, 1.82) is 5.26 Å². The number of ether oxygens (including phenoxy) is 1. The molecule has 0 aliphatic carbocycles. The normalized spacial score (nSPS) is 10.3. The van der Waals surface area contributed by atoms with Gasteiger partial charge in [0.25, 0.3) is 0 Å². The van der Waals surface area contributed by atoms with Gasteiger partial charge in [0.2, 0.25) is 0 Å². The Morgan fingerprint density at radius 2 is 2.10 bits per heavy atom. The highest BCUT2D eigenvalue weighted by molar-refractivity contribution is 5.32. The van der Waals surface area contributed by atoms with E-state index in [0.29, 0.717) is 22.7 Å². The quantitative estimate of drug-likeness (QED) is 0.849. The molecule has 0 saturated carbocycles. The smallest absolute Gasteiger partial charge is 0.140 e. The van der Waals surface area contributed by atoms with E-state index >= 15 is 0 Å². The van der Waals surface area contributed by atoms with Crippen LogP contribution in [0.25, 0.3) is 0 Å². The Balaban J connectivity index is 2.11. The maximum atomic E-state index is 13.6. The second kappa shape index (κ2) is 6.16. The van der Waals surface area contributed by atoms with Crippen molar-refractivity contribution in [2.75, 3.05) is 0 Å². The highest BCUT2D eigenvalue weighted by atomic mass is 19.1. The summed E-state index contributed by atoms with van der Waals surface area (Å²) in [6.07, 6.45) is 0. The highest BCUT2D eigenvalue weighted by Crippen LogP contribution is 2.24. The lowest BCUT2D eigenvalue weighted by atomic mass is 10.0. The lowest BCUT2D eigenvalue weighted by Crippen LogP contribution is -2.01. The van der Waals surface area contributed by atoms with Crippen LogP contribution in [-0.4, -0.2) is 4.98 Å². The van der Waals surface area contributed by atoms with E-state index in [9.17, 15) is 4.39 Å². The Bertz CT molecular complexity index is 647. The van der Waals surface area contributed by atoms with Gasteiger partial charge < -0.3 is 4.74 Å². The van der Waals surface area contributed by atoms with Crippen molar-refractivity contribution >= 4 is 0 Å². The molecule has 0 N–H and O–H groups in total. The van der Waals surface area contributed by atoms with Crippen LogP contribution in [0.15, 0.2) is 36.4 Å². The van der Waals surface area contributed by atoms with Crippen LogP contribution >= 0.6 is 0 Å². The third-order valence-corrected chi connectivity index (χ3v) is 2.90. The fraction of sp³-hybridized carbons (Fsp3) is 0.250. The van der Waals surface area contributed by atoms with Gasteiger partial charge >= 0.3 is 0 Å². The first-order valence-electron chi connectivity index (χ1n) is 6.38. The van der Waals surface area contributed by atoms with E-state index in [1.807, 2.05) is 19.9 Å². The summed E-state index contributed by atoms with van der Waals surface area (Å²) in [6, 6.07) is 11.9. The van der Waals surface area contributed by atoms with E-state index in [0.717, 1.165) is 0 Å². The molecule has 1 heterocycles. The summed E-state index contributed by atoms with van der Waals surface area (Å²) in [5.41, 5.74) is 1.65. The number of nitrogens with zero attached hydrogens (tertiary/aromatic N) is 2. The monoisotopic (exact) mass is 270 g/mol. The molecule has 4 heteroatoms. The summed E-state index contributed by atoms with van der Waals surface area (Å²) in [4.78, 5) is 4.12. The van der Waals surface area contributed by atoms with E-state index in [1.54, 1.807) is 30.3 Å². The molecule has 0 spiro atoms. The molecule has 0 bridgehead atoms. The van der Waals surface area contributed by atoms with Gasteiger partial charge in [-0.05, 0) is 41.8 Å². The average molecular weight is 270 g/mol. The summed E-state index contributed by atoms with van der Waals surface area (Å²) in [6.45, 7) is 4.11. The van der Waals surface area contributed by atoms with Crippen LogP contribution in [0.5, 0.6) is 5.75 Å². The van der Waals surface area contributed by atoms with Crippen molar-refractivity contribution in [3.63, 3.8) is 0 Å². The second-order valence-electron chi connectivity index (χ2n) is 4.75. The van der Waals surface area contributed by atoms with Gasteiger partial charge in [-0.3, -0.25) is 0 Å². The number of benzene rings is 1. The molecule has 2 aromatic rings. The molecule has 0 aliphatic rings. The van der Waals surface area contributed by atoms with Crippen molar-refractivity contribution in [2.45, 2.75) is 26.4 Å². The molecule has 0 radical (unpaired) electrons. The minimum absolute atomic E-state index is 0.0959. The Morgan fingerprint density at radius 3 is 2.80 bits per heavy atom. The predicted molar refractivity (Wildman–Crippen MR) is 73.8 cm³/mol. The predicted octanol–water partition coefficient (Wildman–Crippen LogP) is 3.79. The van der Waals surface area contributed by atoms with Crippen LogP contribution in [-0.2, 0) is 6.61 Å². The lowest BCUT2D eigenvalue weighted by Gasteiger charge is -2.11. The van der Waals surface area contributed by atoms with Gasteiger partial charge in [0.1, 0.15) is 29.9 Å². The standard InChI is InChI=1S/C16H15FN2O/c1-11(2)15-8-14(6-7-16(15)17)20-10-13-5-3-4-12(9-18)19-13/h3-8,11H,10H2,1-2H3. The second-order valence-corrected chi connectivity index (χ2v) is 4.75. The van der Waals surface area contributed by atoms with Gasteiger partial charge in [-0.1, -0.05) is 19.9 Å². The fourth-order valence-corrected chi connectivity index (χ4v) is 1.83. The number of hydrogen-bond acceptors (Lipinski definition) is 3. The van der Waals surface area contributed by atoms with Crippen molar-refractivity contribution in [3.05, 3.63) is 59.2 Å². The molecule has 0 fully saturated rings. The number of rotatable bonds is 4. The summed E-state index contributed by atoms with van der Waals surface area (Å²) in [5.74, 6) is 0.467. The molecule has 0 amide bonds. The van der Waals surface area contributed by atoms with E-state index in [1.165, 1.54) is 6.07 Å². The van der Waals surface area contributed by atoms with Crippen molar-refractivity contribution in [3.8, 4) is 11.8 Å². The van der Waals surface area contributed by atoms with Crippen LogP contribution in [0.1, 0.15) is 36.7 Å². The molecular formula is C16H15FN2O. The topological polar surface area (TPSA) is 45.9 Å². The first-order valence-corrected chi connectivity index (χ1v) is 6.38. The molecule has 0 unspecified atom stereocenters. The van der Waals surface area contributed by atoms with Gasteiger partial charge in [-0.25, -0.2) is 9.37 Å². The van der Waals surface area contributed by atoms with Crippen molar-refractivity contribution in [2.24, 2.45) is 0 Å². The van der Waals surface area contributed by atoms with Gasteiger partial charge in [-0.15, -0.1) is 0 Å².